The topological polar surface area (TPSA) is 46.5 Å². The van der Waals surface area contributed by atoms with E-state index in [4.69, 9.17) is 9.84 Å². The maximum Gasteiger partial charge on any atom is 0.328 e. The van der Waals surface area contributed by atoms with Crippen LogP contribution in [0.5, 0.6) is 11.5 Å². The number of hydrogen-bond donors (Lipinski definition) is 1. The predicted molar refractivity (Wildman–Crippen MR) is 85.0 cm³/mol. The molecule has 0 bridgehead atoms. The van der Waals surface area contributed by atoms with Crippen LogP contribution in [-0.2, 0) is 4.79 Å². The lowest BCUT2D eigenvalue weighted by Crippen LogP contribution is -1.90. The van der Waals surface area contributed by atoms with Crippen LogP contribution < -0.4 is 4.74 Å². The van der Waals surface area contributed by atoms with Gasteiger partial charge >= 0.3 is 5.97 Å². The minimum atomic E-state index is -1.00. The van der Waals surface area contributed by atoms with Gasteiger partial charge in [0, 0.05) is 16.1 Å². The Morgan fingerprint density at radius 2 is 1.85 bits per heavy atom. The van der Waals surface area contributed by atoms with Crippen LogP contribution in [0.15, 0.2) is 57.5 Å². The van der Waals surface area contributed by atoms with E-state index in [-0.39, 0.29) is 0 Å². The molecule has 1 N–H and O–H groups in total. The molecule has 0 amide bonds. The average Bonchev–Trinajstić information content (AvgIpc) is 2.41. The number of para-hydroxylation sites is 1. The zero-order chi connectivity index (χ0) is 14.5. The Labute approximate surface area is 133 Å². The standard InChI is InChI=1S/C15H10Br2O3/c16-11-6-7-13(10(9-11)5-8-15(18)19)20-14-4-2-1-3-12(14)17/h1-9H,(H,18,19)/b8-5+. The highest BCUT2D eigenvalue weighted by Gasteiger charge is 2.06. The van der Waals surface area contributed by atoms with E-state index in [1.807, 2.05) is 30.3 Å². The monoisotopic (exact) mass is 396 g/mol. The summed E-state index contributed by atoms with van der Waals surface area (Å²) in [5.41, 5.74) is 0.678. The van der Waals surface area contributed by atoms with Gasteiger partial charge in [-0.15, -0.1) is 0 Å². The maximum atomic E-state index is 10.6. The second kappa shape index (κ2) is 6.72. The van der Waals surface area contributed by atoms with E-state index >= 15 is 0 Å². The van der Waals surface area contributed by atoms with E-state index in [0.717, 1.165) is 15.0 Å². The third kappa shape index (κ3) is 3.95. The summed E-state index contributed by atoms with van der Waals surface area (Å²) in [6.45, 7) is 0. The maximum absolute atomic E-state index is 10.6. The Hall–Kier alpha value is -1.59. The Morgan fingerprint density at radius 1 is 1.10 bits per heavy atom. The SMILES string of the molecule is O=C(O)/C=C/c1cc(Br)ccc1Oc1ccccc1Br. The second-order valence-electron chi connectivity index (χ2n) is 3.89. The van der Waals surface area contributed by atoms with Crippen molar-refractivity contribution in [1.82, 2.24) is 0 Å². The van der Waals surface area contributed by atoms with E-state index in [1.165, 1.54) is 6.08 Å². The molecule has 0 saturated heterocycles. The third-order valence-electron chi connectivity index (χ3n) is 2.43. The molecule has 0 spiro atoms. The number of benzene rings is 2. The van der Waals surface area contributed by atoms with Gasteiger partial charge in [0.2, 0.25) is 0 Å². The number of carbonyl (C=O) groups is 1. The molecule has 0 radical (unpaired) electrons. The predicted octanol–water partition coefficient (Wildman–Crippen LogP) is 5.10. The van der Waals surface area contributed by atoms with E-state index in [0.29, 0.717) is 17.1 Å². The Balaban J connectivity index is 2.36. The van der Waals surface area contributed by atoms with E-state index in [2.05, 4.69) is 31.9 Å². The van der Waals surface area contributed by atoms with Gasteiger partial charge in [0.05, 0.1) is 4.47 Å². The fraction of sp³-hybridized carbons (Fsp3) is 0. The lowest BCUT2D eigenvalue weighted by atomic mass is 10.2. The van der Waals surface area contributed by atoms with Gasteiger partial charge < -0.3 is 9.84 Å². The minimum absolute atomic E-state index is 0.581. The normalized spacial score (nSPS) is 10.7. The zero-order valence-electron chi connectivity index (χ0n) is 10.2. The molecular formula is C15H10Br2O3. The van der Waals surface area contributed by atoms with Crippen molar-refractivity contribution >= 4 is 43.9 Å². The number of rotatable bonds is 4. The van der Waals surface area contributed by atoms with Crippen molar-refractivity contribution in [3.05, 3.63) is 63.0 Å². The van der Waals surface area contributed by atoms with Crippen LogP contribution in [0.25, 0.3) is 6.08 Å². The quantitative estimate of drug-likeness (QED) is 0.730. The molecular weight excluding hydrogens is 388 g/mol. The number of carboxylic acid groups (broad SMARTS) is 1. The molecule has 0 atom stereocenters. The third-order valence-corrected chi connectivity index (χ3v) is 3.58. The molecule has 2 aromatic rings. The lowest BCUT2D eigenvalue weighted by molar-refractivity contribution is -0.131. The van der Waals surface area contributed by atoms with Crippen molar-refractivity contribution in [3.63, 3.8) is 0 Å². The summed E-state index contributed by atoms with van der Waals surface area (Å²) >= 11 is 6.77. The largest absolute Gasteiger partial charge is 0.478 e. The first kappa shape index (κ1) is 14.8. The van der Waals surface area contributed by atoms with Crippen LogP contribution in [0.2, 0.25) is 0 Å². The van der Waals surface area contributed by atoms with Crippen molar-refractivity contribution in [2.24, 2.45) is 0 Å². The van der Waals surface area contributed by atoms with Crippen molar-refractivity contribution in [2.75, 3.05) is 0 Å². The molecule has 0 aromatic heterocycles. The molecule has 2 aromatic carbocycles. The van der Waals surface area contributed by atoms with Gasteiger partial charge in [-0.3, -0.25) is 0 Å². The Bertz CT molecular complexity index is 666. The van der Waals surface area contributed by atoms with Crippen LogP contribution in [0.3, 0.4) is 0 Å². The highest BCUT2D eigenvalue weighted by atomic mass is 79.9. The van der Waals surface area contributed by atoms with Gasteiger partial charge in [-0.1, -0.05) is 28.1 Å². The van der Waals surface area contributed by atoms with E-state index < -0.39 is 5.97 Å². The summed E-state index contributed by atoms with van der Waals surface area (Å²) in [7, 11) is 0. The Morgan fingerprint density at radius 3 is 2.55 bits per heavy atom. The van der Waals surface area contributed by atoms with Gasteiger partial charge in [-0.2, -0.15) is 0 Å². The molecule has 0 unspecified atom stereocenters. The number of aliphatic carboxylic acids is 1. The van der Waals surface area contributed by atoms with E-state index in [1.54, 1.807) is 12.1 Å². The molecule has 20 heavy (non-hydrogen) atoms. The van der Waals surface area contributed by atoms with Crippen LogP contribution in [0, 0.1) is 0 Å². The molecule has 0 heterocycles. The molecule has 0 aliphatic heterocycles. The number of halogens is 2. The zero-order valence-corrected chi connectivity index (χ0v) is 13.4. The molecule has 3 nitrogen and oxygen atoms in total. The molecule has 0 saturated carbocycles. The summed E-state index contributed by atoms with van der Waals surface area (Å²) in [5, 5.41) is 8.72. The second-order valence-corrected chi connectivity index (χ2v) is 5.66. The van der Waals surface area contributed by atoms with Crippen LogP contribution >= 0.6 is 31.9 Å². The van der Waals surface area contributed by atoms with Crippen molar-refractivity contribution < 1.29 is 14.6 Å². The van der Waals surface area contributed by atoms with Crippen molar-refractivity contribution in [2.45, 2.75) is 0 Å². The van der Waals surface area contributed by atoms with Crippen LogP contribution in [-0.4, -0.2) is 11.1 Å². The molecule has 0 fully saturated rings. The number of ether oxygens (including phenoxy) is 1. The van der Waals surface area contributed by atoms with Gasteiger partial charge in [-0.25, -0.2) is 4.79 Å². The number of carboxylic acids is 1. The number of hydrogen-bond acceptors (Lipinski definition) is 2. The van der Waals surface area contributed by atoms with Crippen molar-refractivity contribution in [1.29, 1.82) is 0 Å². The first-order valence-corrected chi connectivity index (χ1v) is 7.28. The van der Waals surface area contributed by atoms with E-state index in [9.17, 15) is 4.79 Å². The van der Waals surface area contributed by atoms with Crippen LogP contribution in [0.1, 0.15) is 5.56 Å². The minimum Gasteiger partial charge on any atom is -0.478 e. The summed E-state index contributed by atoms with van der Waals surface area (Å²) in [5.74, 6) is 0.245. The Kier molecular flexibility index (Phi) is 4.98. The van der Waals surface area contributed by atoms with Gasteiger partial charge in [0.15, 0.2) is 0 Å². The van der Waals surface area contributed by atoms with Crippen molar-refractivity contribution in [3.8, 4) is 11.5 Å². The molecule has 102 valence electrons. The molecule has 0 aliphatic rings. The average molecular weight is 398 g/mol. The van der Waals surface area contributed by atoms with Gasteiger partial charge in [0.25, 0.3) is 0 Å². The summed E-state index contributed by atoms with van der Waals surface area (Å²) < 4.78 is 7.49. The summed E-state index contributed by atoms with van der Waals surface area (Å²) in [4.78, 5) is 10.6. The molecule has 0 aliphatic carbocycles. The van der Waals surface area contributed by atoms with Gasteiger partial charge in [-0.05, 0) is 52.3 Å². The smallest absolute Gasteiger partial charge is 0.328 e. The highest BCUT2D eigenvalue weighted by Crippen LogP contribution is 2.33. The first-order chi connectivity index (χ1) is 9.56. The summed E-state index contributed by atoms with van der Waals surface area (Å²) in [6.07, 6.45) is 2.58. The fourth-order valence-electron chi connectivity index (χ4n) is 1.55. The van der Waals surface area contributed by atoms with Gasteiger partial charge in [0.1, 0.15) is 11.5 Å². The molecule has 5 heteroatoms. The summed E-state index contributed by atoms with van der Waals surface area (Å²) in [6, 6.07) is 12.9. The fourth-order valence-corrected chi connectivity index (χ4v) is 2.29. The highest BCUT2D eigenvalue weighted by molar-refractivity contribution is 9.10. The molecule has 2 rings (SSSR count). The first-order valence-electron chi connectivity index (χ1n) is 5.69. The lowest BCUT2D eigenvalue weighted by Gasteiger charge is -2.10. The van der Waals surface area contributed by atoms with Crippen LogP contribution in [0.4, 0.5) is 0 Å².